The Balaban J connectivity index is 1.12. The maximum absolute atomic E-state index is 2.76. The lowest BCUT2D eigenvalue weighted by Crippen LogP contribution is -2.60. The molecule has 0 unspecified atom stereocenters. The number of rotatable bonds is 3. The second-order valence-electron chi connectivity index (χ2n) is 29.0. The predicted octanol–water partition coefficient (Wildman–Crippen LogP) is 18.4. The van der Waals surface area contributed by atoms with E-state index in [4.69, 9.17) is 0 Å². The monoisotopic (exact) mass is 1030 g/mol. The summed E-state index contributed by atoms with van der Waals surface area (Å²) in [7, 11) is 0. The number of fused-ring (bicyclic) bond motifs is 11. The van der Waals surface area contributed by atoms with Gasteiger partial charge in [0.15, 0.2) is 0 Å². The average molecular weight is 1030 g/mol. The molecule has 1 aromatic heterocycles. The van der Waals surface area contributed by atoms with Crippen molar-refractivity contribution in [2.45, 2.75) is 180 Å². The zero-order valence-corrected chi connectivity index (χ0v) is 49.5. The van der Waals surface area contributed by atoms with Crippen LogP contribution in [0.15, 0.2) is 127 Å². The second-order valence-corrected chi connectivity index (χ2v) is 30.1. The van der Waals surface area contributed by atoms with Gasteiger partial charge in [0, 0.05) is 54.4 Å². The van der Waals surface area contributed by atoms with Gasteiger partial charge in [0.1, 0.15) is 0 Å². The predicted molar refractivity (Wildman–Crippen MR) is 333 cm³/mol. The second kappa shape index (κ2) is 15.8. The number of anilines is 9. The molecule has 8 aromatic rings. The lowest BCUT2D eigenvalue weighted by atomic mass is 9.36. The third-order valence-electron chi connectivity index (χ3n) is 20.8. The fourth-order valence-corrected chi connectivity index (χ4v) is 17.0. The van der Waals surface area contributed by atoms with Gasteiger partial charge in [0.25, 0.3) is 6.71 Å². The Kier molecular flexibility index (Phi) is 10.1. The van der Waals surface area contributed by atoms with Crippen molar-refractivity contribution in [3.8, 4) is 0 Å². The first-order valence-electron chi connectivity index (χ1n) is 29.1. The van der Waals surface area contributed by atoms with Crippen LogP contribution >= 0.6 is 11.3 Å². The number of nitrogens with zero attached hydrogens (tertiary/aromatic N) is 3. The van der Waals surface area contributed by atoms with Gasteiger partial charge < -0.3 is 14.7 Å². The van der Waals surface area contributed by atoms with Crippen LogP contribution in [-0.2, 0) is 37.9 Å². The molecule has 77 heavy (non-hydrogen) atoms. The summed E-state index contributed by atoms with van der Waals surface area (Å²) >= 11 is 2.07. The molecular formula is C72H78BN3S. The van der Waals surface area contributed by atoms with E-state index in [1.165, 1.54) is 166 Å². The first-order chi connectivity index (χ1) is 36.3. The van der Waals surface area contributed by atoms with Crippen molar-refractivity contribution >= 4 is 95.0 Å². The van der Waals surface area contributed by atoms with Crippen molar-refractivity contribution in [2.75, 3.05) is 14.7 Å². The minimum Gasteiger partial charge on any atom is -0.311 e. The van der Waals surface area contributed by atoms with Crippen molar-refractivity contribution in [3.63, 3.8) is 0 Å². The van der Waals surface area contributed by atoms with Crippen LogP contribution in [0.4, 0.5) is 51.2 Å². The van der Waals surface area contributed by atoms with Crippen molar-refractivity contribution in [1.82, 2.24) is 0 Å². The molecule has 0 saturated carbocycles. The normalized spacial score (nSPS) is 20.7. The van der Waals surface area contributed by atoms with Gasteiger partial charge in [-0.05, 0) is 212 Å². The Bertz CT molecular complexity index is 3840. The van der Waals surface area contributed by atoms with E-state index in [-0.39, 0.29) is 44.6 Å². The van der Waals surface area contributed by atoms with Crippen LogP contribution in [0.2, 0.25) is 0 Å². The molecule has 0 fully saturated rings. The molecule has 4 heterocycles. The molecule has 0 bridgehead atoms. The standard InChI is InChI=1S/C72H78BN3S/c1-43-35-60-63-61(36-43)76(46-26-28-49-52(38-46)69(8,9)32-30-67(49,4)5)64-47-39-53-54(71(12,13)34-33-70(53,10)11)41-62(47)77-65(64)73(63)56-40-55-58(74(44-21-17-16-18-22-44)57-24-20-19-23-50(57)72(55,14)15)42-59(56)75(60)45-25-27-48-51(37-45)68(6,7)31-29-66(48,2)3/h16-28,35-42H,29-34H2,1-15H3. The van der Waals surface area contributed by atoms with Gasteiger partial charge in [-0.3, -0.25) is 0 Å². The first-order valence-corrected chi connectivity index (χ1v) is 29.9. The van der Waals surface area contributed by atoms with Gasteiger partial charge in [-0.15, -0.1) is 11.3 Å². The van der Waals surface area contributed by atoms with Crippen molar-refractivity contribution in [2.24, 2.45) is 0 Å². The summed E-state index contributed by atoms with van der Waals surface area (Å²) in [6.45, 7) is 37.0. The van der Waals surface area contributed by atoms with Gasteiger partial charge in [0.05, 0.1) is 17.1 Å². The van der Waals surface area contributed by atoms with E-state index in [2.05, 4.69) is 257 Å². The van der Waals surface area contributed by atoms with E-state index in [0.717, 1.165) is 0 Å². The number of hydrogen-bond donors (Lipinski definition) is 0. The fourth-order valence-electron chi connectivity index (χ4n) is 15.7. The van der Waals surface area contributed by atoms with Gasteiger partial charge in [0.2, 0.25) is 0 Å². The molecule has 0 radical (unpaired) electrons. The van der Waals surface area contributed by atoms with Crippen molar-refractivity contribution in [1.29, 1.82) is 0 Å². The number of thiophene rings is 1. The Hall–Kier alpha value is -6.04. The molecule has 0 spiro atoms. The molecule has 7 aromatic carbocycles. The van der Waals surface area contributed by atoms with Crippen LogP contribution in [-0.4, -0.2) is 6.71 Å². The third-order valence-corrected chi connectivity index (χ3v) is 22.0. The molecule has 0 saturated heterocycles. The third kappa shape index (κ3) is 6.93. The first kappa shape index (κ1) is 49.3. The minimum absolute atomic E-state index is 0.00185. The summed E-state index contributed by atoms with van der Waals surface area (Å²) < 4.78 is 2.86. The van der Waals surface area contributed by atoms with Crippen LogP contribution in [0.25, 0.3) is 10.1 Å². The summed E-state index contributed by atoms with van der Waals surface area (Å²) in [6, 6.07) is 51.2. The van der Waals surface area contributed by atoms with Gasteiger partial charge in [-0.2, -0.15) is 0 Å². The highest BCUT2D eigenvalue weighted by Gasteiger charge is 2.50. The summed E-state index contributed by atoms with van der Waals surface area (Å²) in [5, 5.41) is 1.39. The van der Waals surface area contributed by atoms with Crippen LogP contribution in [0.1, 0.15) is 186 Å². The molecule has 14 rings (SSSR count). The lowest BCUT2D eigenvalue weighted by molar-refractivity contribution is 0.332. The van der Waals surface area contributed by atoms with Gasteiger partial charge in [-0.25, -0.2) is 0 Å². The molecule has 390 valence electrons. The summed E-state index contributed by atoms with van der Waals surface area (Å²) in [4.78, 5) is 8.04. The molecule has 5 heteroatoms. The molecular weight excluding hydrogens is 950 g/mol. The summed E-state index contributed by atoms with van der Waals surface area (Å²) in [5.41, 5.74) is 27.5. The Morgan fingerprint density at radius 1 is 0.377 bits per heavy atom. The highest BCUT2D eigenvalue weighted by molar-refractivity contribution is 7.33. The van der Waals surface area contributed by atoms with E-state index in [1.54, 1.807) is 0 Å². The zero-order valence-electron chi connectivity index (χ0n) is 48.7. The fraction of sp³-hybridized carbons (Fsp3) is 0.389. The summed E-state index contributed by atoms with van der Waals surface area (Å²) in [5.74, 6) is 0. The van der Waals surface area contributed by atoms with Crippen LogP contribution in [0.3, 0.4) is 0 Å². The van der Waals surface area contributed by atoms with Crippen LogP contribution in [0.5, 0.6) is 0 Å². The Morgan fingerprint density at radius 2 is 0.857 bits per heavy atom. The quantitative estimate of drug-likeness (QED) is 0.163. The number of benzene rings is 7. The maximum atomic E-state index is 2.76. The maximum Gasteiger partial charge on any atom is 0.264 e. The Labute approximate surface area is 464 Å². The molecule has 0 N–H and O–H groups in total. The summed E-state index contributed by atoms with van der Waals surface area (Å²) in [6.07, 6.45) is 7.10. The van der Waals surface area contributed by atoms with Crippen molar-refractivity contribution in [3.05, 3.63) is 177 Å². The smallest absolute Gasteiger partial charge is 0.264 e. The van der Waals surface area contributed by atoms with Crippen LogP contribution < -0.4 is 30.4 Å². The Morgan fingerprint density at radius 3 is 1.44 bits per heavy atom. The molecule has 6 aliphatic rings. The topological polar surface area (TPSA) is 9.72 Å². The molecule has 0 amide bonds. The minimum atomic E-state index is -0.279. The average Bonchev–Trinajstić information content (AvgIpc) is 3.99. The number of para-hydroxylation sites is 2. The van der Waals surface area contributed by atoms with E-state index < -0.39 is 0 Å². The van der Waals surface area contributed by atoms with Crippen molar-refractivity contribution < 1.29 is 0 Å². The van der Waals surface area contributed by atoms with E-state index in [0.29, 0.717) is 0 Å². The molecule has 0 atom stereocenters. The van der Waals surface area contributed by atoms with Gasteiger partial charge >= 0.3 is 0 Å². The lowest BCUT2D eigenvalue weighted by Gasteiger charge is -2.47. The molecule has 3 nitrogen and oxygen atoms in total. The largest absolute Gasteiger partial charge is 0.311 e. The van der Waals surface area contributed by atoms with Gasteiger partial charge in [-0.1, -0.05) is 152 Å². The zero-order chi connectivity index (χ0) is 53.9. The van der Waals surface area contributed by atoms with E-state index in [1.807, 2.05) is 0 Å². The van der Waals surface area contributed by atoms with E-state index in [9.17, 15) is 0 Å². The number of hydrogen-bond acceptors (Lipinski definition) is 4. The highest BCUT2D eigenvalue weighted by atomic mass is 32.1. The molecule has 3 aliphatic carbocycles. The molecule has 3 aliphatic heterocycles. The number of aryl methyl sites for hydroxylation is 1. The van der Waals surface area contributed by atoms with E-state index >= 15 is 0 Å². The highest BCUT2D eigenvalue weighted by Crippen LogP contribution is 2.58. The van der Waals surface area contributed by atoms with Crippen LogP contribution in [0, 0.1) is 6.92 Å². The SMILES string of the molecule is Cc1cc2c3c(c1)N(c1ccc4c(c1)C(C)(C)CCC4(C)C)c1c(sc4cc5c(cc14)C(C)(C)CCC5(C)C)B3c1cc3c(cc1N2c1ccc2c(c1)C(C)(C)CCC2(C)C)N(c1ccccc1)c1ccccc1C3(C)C.